The number of aliphatic hydroxyl groups excluding tert-OH is 1. The fourth-order valence-electron chi connectivity index (χ4n) is 1.50. The van der Waals surface area contributed by atoms with Gasteiger partial charge in [-0.25, -0.2) is 0 Å². The lowest BCUT2D eigenvalue weighted by atomic mass is 10.0. The number of nitrogens with one attached hydrogen (secondary N) is 1. The van der Waals surface area contributed by atoms with Crippen LogP contribution in [0.4, 0.5) is 0 Å². The van der Waals surface area contributed by atoms with Crippen molar-refractivity contribution in [2.24, 2.45) is 5.92 Å². The van der Waals surface area contributed by atoms with Gasteiger partial charge in [0.05, 0.1) is 0 Å². The molecule has 0 saturated carbocycles. The molecule has 0 radical (unpaired) electrons. The third-order valence-electron chi connectivity index (χ3n) is 3.11. The molecule has 0 saturated heterocycles. The average molecular weight is 282 g/mol. The first-order valence-electron chi connectivity index (χ1n) is 6.29. The number of carbonyl (C=O) groups is 1. The summed E-state index contributed by atoms with van der Waals surface area (Å²) in [5.41, 5.74) is 1.55. The van der Waals surface area contributed by atoms with E-state index in [1.54, 1.807) is 19.1 Å². The minimum absolute atomic E-state index is 0.0345. The highest BCUT2D eigenvalue weighted by molar-refractivity contribution is 6.30. The number of halogens is 1. The zero-order chi connectivity index (χ0) is 14.4. The molecule has 3 nitrogen and oxygen atoms in total. The first kappa shape index (κ1) is 15.7. The molecule has 2 unspecified atom stereocenters. The van der Waals surface area contributed by atoms with Crippen LogP contribution in [-0.4, -0.2) is 23.7 Å². The quantitative estimate of drug-likeness (QED) is 0.816. The highest BCUT2D eigenvalue weighted by Crippen LogP contribution is 2.13. The molecule has 0 aliphatic rings. The number of benzene rings is 1. The SMILES string of the molecule is C/C(=C\c1ccc(Cl)cc1)C(=O)NC(C)C(C)CO. The predicted octanol–water partition coefficient (Wildman–Crippen LogP) is 2.88. The second kappa shape index (κ2) is 7.31. The van der Waals surface area contributed by atoms with E-state index in [-0.39, 0.29) is 24.5 Å². The van der Waals surface area contributed by atoms with E-state index in [0.717, 1.165) is 5.56 Å². The van der Waals surface area contributed by atoms with Crippen molar-refractivity contribution in [2.45, 2.75) is 26.8 Å². The van der Waals surface area contributed by atoms with Crippen LogP contribution in [0.25, 0.3) is 6.08 Å². The largest absolute Gasteiger partial charge is 0.396 e. The number of rotatable bonds is 5. The van der Waals surface area contributed by atoms with Gasteiger partial charge in [0.1, 0.15) is 0 Å². The maximum Gasteiger partial charge on any atom is 0.247 e. The van der Waals surface area contributed by atoms with Crippen LogP contribution in [0.15, 0.2) is 29.8 Å². The molecular formula is C15H20ClNO2. The lowest BCUT2D eigenvalue weighted by Gasteiger charge is -2.19. The molecular weight excluding hydrogens is 262 g/mol. The fourth-order valence-corrected chi connectivity index (χ4v) is 1.62. The summed E-state index contributed by atoms with van der Waals surface area (Å²) in [5.74, 6) is -0.0879. The van der Waals surface area contributed by atoms with E-state index >= 15 is 0 Å². The smallest absolute Gasteiger partial charge is 0.247 e. The van der Waals surface area contributed by atoms with Crippen molar-refractivity contribution in [2.75, 3.05) is 6.61 Å². The second-order valence-corrected chi connectivity index (χ2v) is 5.24. The summed E-state index contributed by atoms with van der Waals surface area (Å²) < 4.78 is 0. The van der Waals surface area contributed by atoms with E-state index < -0.39 is 0 Å². The monoisotopic (exact) mass is 281 g/mol. The van der Waals surface area contributed by atoms with Crippen LogP contribution in [0.1, 0.15) is 26.3 Å². The Morgan fingerprint density at radius 2 is 1.95 bits per heavy atom. The van der Waals surface area contributed by atoms with E-state index in [9.17, 15) is 4.79 Å². The Labute approximate surface area is 119 Å². The molecule has 19 heavy (non-hydrogen) atoms. The van der Waals surface area contributed by atoms with Crippen LogP contribution < -0.4 is 5.32 Å². The predicted molar refractivity (Wildman–Crippen MR) is 79.0 cm³/mol. The van der Waals surface area contributed by atoms with Crippen molar-refractivity contribution < 1.29 is 9.90 Å². The zero-order valence-electron chi connectivity index (χ0n) is 11.5. The molecule has 0 fully saturated rings. The lowest BCUT2D eigenvalue weighted by molar-refractivity contribution is -0.118. The van der Waals surface area contributed by atoms with Crippen molar-refractivity contribution in [3.63, 3.8) is 0 Å². The molecule has 0 bridgehead atoms. The van der Waals surface area contributed by atoms with Gasteiger partial charge >= 0.3 is 0 Å². The second-order valence-electron chi connectivity index (χ2n) is 4.80. The van der Waals surface area contributed by atoms with Gasteiger partial charge in [-0.15, -0.1) is 0 Å². The number of carbonyl (C=O) groups excluding carboxylic acids is 1. The van der Waals surface area contributed by atoms with Gasteiger partial charge in [-0.3, -0.25) is 4.79 Å². The minimum atomic E-state index is -0.122. The van der Waals surface area contributed by atoms with Crippen LogP contribution in [0.3, 0.4) is 0 Å². The number of hydrogen-bond donors (Lipinski definition) is 2. The number of hydrogen-bond acceptors (Lipinski definition) is 2. The van der Waals surface area contributed by atoms with Crippen LogP contribution in [-0.2, 0) is 4.79 Å². The van der Waals surface area contributed by atoms with Gasteiger partial charge in [0.15, 0.2) is 0 Å². The van der Waals surface area contributed by atoms with Gasteiger partial charge in [0, 0.05) is 23.2 Å². The van der Waals surface area contributed by atoms with Crippen molar-refractivity contribution in [1.82, 2.24) is 5.32 Å². The van der Waals surface area contributed by atoms with Crippen LogP contribution in [0.2, 0.25) is 5.02 Å². The number of amides is 1. The molecule has 0 spiro atoms. The van der Waals surface area contributed by atoms with Crippen molar-refractivity contribution in [3.05, 3.63) is 40.4 Å². The van der Waals surface area contributed by atoms with Gasteiger partial charge in [-0.2, -0.15) is 0 Å². The van der Waals surface area contributed by atoms with E-state index in [2.05, 4.69) is 5.32 Å². The van der Waals surface area contributed by atoms with E-state index in [4.69, 9.17) is 16.7 Å². The Morgan fingerprint density at radius 3 is 2.47 bits per heavy atom. The molecule has 1 amide bonds. The fraction of sp³-hybridized carbons (Fsp3) is 0.400. The van der Waals surface area contributed by atoms with E-state index in [1.807, 2.05) is 32.1 Å². The topological polar surface area (TPSA) is 49.3 Å². The van der Waals surface area contributed by atoms with Gasteiger partial charge in [-0.1, -0.05) is 30.7 Å². The first-order valence-corrected chi connectivity index (χ1v) is 6.67. The van der Waals surface area contributed by atoms with Crippen LogP contribution >= 0.6 is 11.6 Å². The Morgan fingerprint density at radius 1 is 1.37 bits per heavy atom. The number of aliphatic hydroxyl groups is 1. The van der Waals surface area contributed by atoms with Gasteiger partial charge < -0.3 is 10.4 Å². The molecule has 1 rings (SSSR count). The third kappa shape index (κ3) is 5.05. The minimum Gasteiger partial charge on any atom is -0.396 e. The van der Waals surface area contributed by atoms with Gasteiger partial charge in [0.25, 0.3) is 0 Å². The summed E-state index contributed by atoms with van der Waals surface area (Å²) in [6, 6.07) is 7.23. The Kier molecular flexibility index (Phi) is 6.06. The maximum absolute atomic E-state index is 12.0. The van der Waals surface area contributed by atoms with E-state index in [1.165, 1.54) is 0 Å². The maximum atomic E-state index is 12.0. The summed E-state index contributed by atoms with van der Waals surface area (Å²) in [5, 5.41) is 12.6. The molecule has 2 N–H and O–H groups in total. The van der Waals surface area contributed by atoms with Gasteiger partial charge in [0.2, 0.25) is 5.91 Å². The summed E-state index contributed by atoms with van der Waals surface area (Å²) in [7, 11) is 0. The molecule has 4 heteroatoms. The zero-order valence-corrected chi connectivity index (χ0v) is 12.2. The summed E-state index contributed by atoms with van der Waals surface area (Å²) in [6.07, 6.45) is 1.81. The third-order valence-corrected chi connectivity index (χ3v) is 3.36. The molecule has 0 aliphatic carbocycles. The molecule has 0 aromatic heterocycles. The lowest BCUT2D eigenvalue weighted by Crippen LogP contribution is -2.38. The Balaban J connectivity index is 2.68. The highest BCUT2D eigenvalue weighted by atomic mass is 35.5. The molecule has 1 aromatic rings. The molecule has 0 aliphatic heterocycles. The van der Waals surface area contributed by atoms with Crippen molar-refractivity contribution in [3.8, 4) is 0 Å². The molecule has 0 heterocycles. The molecule has 104 valence electrons. The molecule has 1 aromatic carbocycles. The van der Waals surface area contributed by atoms with Crippen LogP contribution in [0, 0.1) is 5.92 Å². The summed E-state index contributed by atoms with van der Waals surface area (Å²) >= 11 is 5.81. The first-order chi connectivity index (χ1) is 8.93. The molecule has 2 atom stereocenters. The summed E-state index contributed by atoms with van der Waals surface area (Å²) in [6.45, 7) is 5.60. The highest BCUT2D eigenvalue weighted by Gasteiger charge is 2.14. The van der Waals surface area contributed by atoms with Crippen LogP contribution in [0.5, 0.6) is 0 Å². The van der Waals surface area contributed by atoms with E-state index in [0.29, 0.717) is 10.6 Å². The van der Waals surface area contributed by atoms with Crippen molar-refractivity contribution in [1.29, 1.82) is 0 Å². The Hall–Kier alpha value is -1.32. The normalized spacial score (nSPS) is 14.9. The standard InChI is InChI=1S/C15H20ClNO2/c1-10(8-13-4-6-14(16)7-5-13)15(19)17-12(3)11(2)9-18/h4-8,11-12,18H,9H2,1-3H3,(H,17,19)/b10-8+. The Bertz CT molecular complexity index is 454. The average Bonchev–Trinajstić information content (AvgIpc) is 2.40. The van der Waals surface area contributed by atoms with Gasteiger partial charge in [-0.05, 0) is 43.5 Å². The van der Waals surface area contributed by atoms with Crippen molar-refractivity contribution >= 4 is 23.6 Å². The summed E-state index contributed by atoms with van der Waals surface area (Å²) in [4.78, 5) is 12.0.